The molecule has 7 heteroatoms. The highest BCUT2D eigenvalue weighted by Crippen LogP contribution is 2.15. The van der Waals surface area contributed by atoms with Gasteiger partial charge in [-0.15, -0.1) is 0 Å². The van der Waals surface area contributed by atoms with E-state index in [1.807, 2.05) is 13.8 Å². The number of aromatic nitrogens is 1. The Hall–Kier alpha value is -2.43. The zero-order chi connectivity index (χ0) is 17.6. The first kappa shape index (κ1) is 17.9. The van der Waals surface area contributed by atoms with E-state index < -0.39 is 10.0 Å². The van der Waals surface area contributed by atoms with Crippen molar-refractivity contribution >= 4 is 15.7 Å². The molecule has 0 saturated carbocycles. The molecule has 126 valence electrons. The predicted molar refractivity (Wildman–Crippen MR) is 92.7 cm³/mol. The molecule has 0 aliphatic heterocycles. The van der Waals surface area contributed by atoms with Gasteiger partial charge >= 0.3 is 0 Å². The number of hydrogen-bond donors (Lipinski definition) is 2. The number of benzene rings is 1. The molecule has 1 aromatic carbocycles. The maximum atomic E-state index is 12.1. The summed E-state index contributed by atoms with van der Waals surface area (Å²) in [4.78, 5) is 4.23. The van der Waals surface area contributed by atoms with Crippen LogP contribution in [0.2, 0.25) is 0 Å². The van der Waals surface area contributed by atoms with Gasteiger partial charge in [0.25, 0.3) is 0 Å². The van der Waals surface area contributed by atoms with Gasteiger partial charge in [0, 0.05) is 19.3 Å². The van der Waals surface area contributed by atoms with Crippen molar-refractivity contribution in [1.82, 2.24) is 9.71 Å². The minimum Gasteiger partial charge on any atom is -0.379 e. The average molecular weight is 344 g/mol. The fraction of sp³-hybridized carbons (Fsp3) is 0.294. The van der Waals surface area contributed by atoms with Crippen LogP contribution in [0, 0.1) is 17.2 Å². The molecule has 0 atom stereocenters. The summed E-state index contributed by atoms with van der Waals surface area (Å²) in [6.07, 6.45) is 3.15. The number of nitrogens with zero attached hydrogens (tertiary/aromatic N) is 2. The van der Waals surface area contributed by atoms with Crippen LogP contribution >= 0.6 is 0 Å². The Kier molecular flexibility index (Phi) is 5.90. The minimum absolute atomic E-state index is 0.242. The highest BCUT2D eigenvalue weighted by atomic mass is 32.2. The number of anilines is 1. The molecule has 0 bridgehead atoms. The molecular formula is C17H20N4O2S. The van der Waals surface area contributed by atoms with E-state index in [0.717, 1.165) is 5.56 Å². The third-order valence-corrected chi connectivity index (χ3v) is 4.78. The fourth-order valence-electron chi connectivity index (χ4n) is 1.98. The lowest BCUT2D eigenvalue weighted by Gasteiger charge is -2.10. The van der Waals surface area contributed by atoms with Crippen LogP contribution in [0.25, 0.3) is 0 Å². The smallest absolute Gasteiger partial charge is 0.240 e. The summed E-state index contributed by atoms with van der Waals surface area (Å²) in [5.41, 5.74) is 2.07. The molecule has 0 amide bonds. The maximum Gasteiger partial charge on any atom is 0.240 e. The monoisotopic (exact) mass is 344 g/mol. The van der Waals surface area contributed by atoms with Gasteiger partial charge in [0.05, 0.1) is 22.3 Å². The quantitative estimate of drug-likeness (QED) is 0.805. The van der Waals surface area contributed by atoms with Crippen LogP contribution in [0.5, 0.6) is 0 Å². The molecular weight excluding hydrogens is 324 g/mol. The van der Waals surface area contributed by atoms with Gasteiger partial charge in [0.1, 0.15) is 6.07 Å². The molecule has 1 aromatic heterocycles. The second-order valence-electron chi connectivity index (χ2n) is 5.78. The Morgan fingerprint density at radius 2 is 1.92 bits per heavy atom. The largest absolute Gasteiger partial charge is 0.379 e. The number of pyridine rings is 1. The Morgan fingerprint density at radius 1 is 1.21 bits per heavy atom. The van der Waals surface area contributed by atoms with E-state index in [1.165, 1.54) is 0 Å². The summed E-state index contributed by atoms with van der Waals surface area (Å²) in [7, 11) is -3.47. The standard InChI is InChI=1S/C17H20N4O2S/c1-13(2)10-21-24(22,23)16-5-3-14(4-6-16)11-20-17-12-19-8-7-15(17)9-18/h3-8,12-13,20-21H,10-11H2,1-2H3. The van der Waals surface area contributed by atoms with Gasteiger partial charge in [0.2, 0.25) is 10.0 Å². The van der Waals surface area contributed by atoms with E-state index in [9.17, 15) is 8.42 Å². The summed E-state index contributed by atoms with van der Waals surface area (Å²) < 4.78 is 26.9. The summed E-state index contributed by atoms with van der Waals surface area (Å²) in [6.45, 7) is 4.78. The van der Waals surface area contributed by atoms with E-state index in [-0.39, 0.29) is 10.8 Å². The van der Waals surface area contributed by atoms with Crippen molar-refractivity contribution < 1.29 is 8.42 Å². The zero-order valence-corrected chi connectivity index (χ0v) is 14.5. The molecule has 0 unspecified atom stereocenters. The molecule has 6 nitrogen and oxygen atoms in total. The lowest BCUT2D eigenvalue weighted by molar-refractivity contribution is 0.560. The minimum atomic E-state index is -3.47. The van der Waals surface area contributed by atoms with Gasteiger partial charge in [-0.05, 0) is 29.7 Å². The van der Waals surface area contributed by atoms with E-state index in [0.29, 0.717) is 24.3 Å². The highest BCUT2D eigenvalue weighted by Gasteiger charge is 2.13. The molecule has 0 spiro atoms. The molecule has 2 rings (SSSR count). The first-order chi connectivity index (χ1) is 11.4. The lowest BCUT2D eigenvalue weighted by Crippen LogP contribution is -2.27. The number of nitriles is 1. The third kappa shape index (κ3) is 4.78. The van der Waals surface area contributed by atoms with Crippen molar-refractivity contribution in [2.24, 2.45) is 5.92 Å². The van der Waals surface area contributed by atoms with Crippen molar-refractivity contribution in [2.75, 3.05) is 11.9 Å². The number of sulfonamides is 1. The molecule has 2 aromatic rings. The highest BCUT2D eigenvalue weighted by molar-refractivity contribution is 7.89. The van der Waals surface area contributed by atoms with Gasteiger partial charge in [-0.25, -0.2) is 13.1 Å². The molecule has 0 radical (unpaired) electrons. The van der Waals surface area contributed by atoms with Crippen LogP contribution in [0.4, 0.5) is 5.69 Å². The molecule has 0 aliphatic rings. The summed E-state index contributed by atoms with van der Waals surface area (Å²) in [6, 6.07) is 10.4. The van der Waals surface area contributed by atoms with E-state index in [1.54, 1.807) is 42.7 Å². The predicted octanol–water partition coefficient (Wildman–Crippen LogP) is 2.50. The van der Waals surface area contributed by atoms with Crippen LogP contribution in [0.1, 0.15) is 25.0 Å². The van der Waals surface area contributed by atoms with Crippen molar-refractivity contribution in [1.29, 1.82) is 5.26 Å². The number of nitrogens with one attached hydrogen (secondary N) is 2. The topological polar surface area (TPSA) is 94.9 Å². The van der Waals surface area contributed by atoms with Crippen LogP contribution in [-0.2, 0) is 16.6 Å². The van der Waals surface area contributed by atoms with Crippen LogP contribution in [-0.4, -0.2) is 19.9 Å². The van der Waals surface area contributed by atoms with Gasteiger partial charge in [-0.1, -0.05) is 26.0 Å². The third-order valence-electron chi connectivity index (χ3n) is 3.34. The van der Waals surface area contributed by atoms with Crippen molar-refractivity contribution in [3.05, 3.63) is 53.9 Å². The van der Waals surface area contributed by atoms with Crippen LogP contribution < -0.4 is 10.0 Å². The van der Waals surface area contributed by atoms with Crippen molar-refractivity contribution in [3.8, 4) is 6.07 Å². The Bertz CT molecular complexity index is 824. The zero-order valence-electron chi connectivity index (χ0n) is 13.7. The first-order valence-corrected chi connectivity index (χ1v) is 9.07. The molecule has 1 heterocycles. The Balaban J connectivity index is 2.03. The van der Waals surface area contributed by atoms with Crippen molar-refractivity contribution in [3.63, 3.8) is 0 Å². The molecule has 24 heavy (non-hydrogen) atoms. The maximum absolute atomic E-state index is 12.1. The molecule has 0 aliphatic carbocycles. The van der Waals surface area contributed by atoms with Gasteiger partial charge in [-0.3, -0.25) is 4.98 Å². The molecule has 0 saturated heterocycles. The normalized spacial score (nSPS) is 11.2. The SMILES string of the molecule is CC(C)CNS(=O)(=O)c1ccc(CNc2cnccc2C#N)cc1. The van der Waals surface area contributed by atoms with Gasteiger partial charge in [0.15, 0.2) is 0 Å². The second kappa shape index (κ2) is 7.90. The van der Waals surface area contributed by atoms with Crippen LogP contribution in [0.3, 0.4) is 0 Å². The van der Waals surface area contributed by atoms with Crippen molar-refractivity contribution in [2.45, 2.75) is 25.3 Å². The van der Waals surface area contributed by atoms with Crippen LogP contribution in [0.15, 0.2) is 47.6 Å². The molecule has 0 fully saturated rings. The summed E-state index contributed by atoms with van der Waals surface area (Å²) in [5, 5.41) is 12.2. The number of rotatable bonds is 7. The lowest BCUT2D eigenvalue weighted by atomic mass is 10.2. The first-order valence-electron chi connectivity index (χ1n) is 7.59. The summed E-state index contributed by atoms with van der Waals surface area (Å²) >= 11 is 0. The number of hydrogen-bond acceptors (Lipinski definition) is 5. The Morgan fingerprint density at radius 3 is 2.54 bits per heavy atom. The molecule has 2 N–H and O–H groups in total. The Labute approximate surface area is 142 Å². The van der Waals surface area contributed by atoms with E-state index in [4.69, 9.17) is 5.26 Å². The fourth-order valence-corrected chi connectivity index (χ4v) is 3.19. The van der Waals surface area contributed by atoms with Gasteiger partial charge in [-0.2, -0.15) is 5.26 Å². The van der Waals surface area contributed by atoms with E-state index >= 15 is 0 Å². The second-order valence-corrected chi connectivity index (χ2v) is 7.54. The van der Waals surface area contributed by atoms with E-state index in [2.05, 4.69) is 21.1 Å². The average Bonchev–Trinajstić information content (AvgIpc) is 2.59. The summed E-state index contributed by atoms with van der Waals surface area (Å²) in [5.74, 6) is 0.247. The van der Waals surface area contributed by atoms with Gasteiger partial charge < -0.3 is 5.32 Å².